The Hall–Kier alpha value is -2.82. The molecule has 32 heavy (non-hydrogen) atoms. The maximum atomic E-state index is 12.1. The molecule has 1 aromatic heterocycles. The second-order valence-corrected chi connectivity index (χ2v) is 9.33. The van der Waals surface area contributed by atoms with Crippen LogP contribution in [0.1, 0.15) is 58.3 Å². The summed E-state index contributed by atoms with van der Waals surface area (Å²) in [6.45, 7) is 10.3. The van der Waals surface area contributed by atoms with Crippen LogP contribution in [-0.4, -0.2) is 28.6 Å². The van der Waals surface area contributed by atoms with E-state index in [0.29, 0.717) is 13.2 Å². The smallest absolute Gasteiger partial charge is 0.225 e. The molecule has 0 saturated carbocycles. The van der Waals surface area contributed by atoms with E-state index in [2.05, 4.69) is 59.3 Å². The van der Waals surface area contributed by atoms with Crippen molar-refractivity contribution in [3.63, 3.8) is 0 Å². The molecule has 3 aromatic rings. The Bertz CT molecular complexity index is 1000. The van der Waals surface area contributed by atoms with E-state index in [1.54, 1.807) is 0 Å². The molecule has 1 heterocycles. The highest BCUT2D eigenvalue weighted by molar-refractivity contribution is 5.81. The second-order valence-electron chi connectivity index (χ2n) is 9.33. The monoisotopic (exact) mass is 435 g/mol. The van der Waals surface area contributed by atoms with Crippen LogP contribution in [0.3, 0.4) is 0 Å². The largest absolute Gasteiger partial charge is 0.494 e. The van der Waals surface area contributed by atoms with Crippen molar-refractivity contribution < 1.29 is 9.53 Å². The van der Waals surface area contributed by atoms with E-state index in [1.807, 2.05) is 26.8 Å². The summed E-state index contributed by atoms with van der Waals surface area (Å²) >= 11 is 0. The van der Waals surface area contributed by atoms with Gasteiger partial charge in [-0.3, -0.25) is 4.79 Å². The molecule has 0 saturated heterocycles. The minimum atomic E-state index is -0.354. The van der Waals surface area contributed by atoms with Gasteiger partial charge >= 0.3 is 0 Å². The molecule has 1 amide bonds. The fourth-order valence-corrected chi connectivity index (χ4v) is 3.66. The predicted octanol–water partition coefficient (Wildman–Crippen LogP) is 5.55. The molecule has 0 spiro atoms. The summed E-state index contributed by atoms with van der Waals surface area (Å²) in [5.74, 6) is 2.12. The first-order chi connectivity index (χ1) is 15.4. The maximum absolute atomic E-state index is 12.1. The number of unbranched alkanes of at least 4 members (excludes halogenated alkanes) is 1. The quantitative estimate of drug-likeness (QED) is 0.402. The minimum Gasteiger partial charge on any atom is -0.494 e. The van der Waals surface area contributed by atoms with E-state index < -0.39 is 0 Å². The van der Waals surface area contributed by atoms with Gasteiger partial charge in [-0.15, -0.1) is 0 Å². The summed E-state index contributed by atoms with van der Waals surface area (Å²) in [6.07, 6.45) is 4.79. The molecule has 0 aliphatic heterocycles. The molecule has 5 nitrogen and oxygen atoms in total. The van der Waals surface area contributed by atoms with Crippen LogP contribution >= 0.6 is 0 Å². The molecule has 0 aliphatic rings. The van der Waals surface area contributed by atoms with E-state index in [-0.39, 0.29) is 11.3 Å². The topological polar surface area (TPSA) is 56.1 Å². The average Bonchev–Trinajstić information content (AvgIpc) is 3.13. The van der Waals surface area contributed by atoms with Crippen molar-refractivity contribution in [2.24, 2.45) is 5.41 Å². The lowest BCUT2D eigenvalue weighted by atomic mass is 9.96. The number of ether oxygens (including phenoxy) is 1. The first kappa shape index (κ1) is 23.8. The summed E-state index contributed by atoms with van der Waals surface area (Å²) in [7, 11) is 0. The van der Waals surface area contributed by atoms with E-state index in [4.69, 9.17) is 9.72 Å². The zero-order valence-electron chi connectivity index (χ0n) is 20.0. The standard InChI is InChI=1S/C27H37N3O2/c1-5-21-14-16-22(17-15-21)32-20-9-8-19-30-24-12-7-6-11-23(24)29-25(30)13-10-18-28-26(31)27(2,3)4/h6-7,11-12,14-17H,5,8-10,13,18-20H2,1-4H3,(H,28,31). The number of benzene rings is 2. The number of nitrogens with zero attached hydrogens (tertiary/aromatic N) is 2. The summed E-state index contributed by atoms with van der Waals surface area (Å²) in [5.41, 5.74) is 3.19. The third-order valence-electron chi connectivity index (χ3n) is 5.65. The molecule has 0 atom stereocenters. The number of rotatable bonds is 11. The van der Waals surface area contributed by atoms with E-state index >= 15 is 0 Å². The number of hydrogen-bond acceptors (Lipinski definition) is 3. The molecule has 3 rings (SSSR count). The molecule has 0 unspecified atom stereocenters. The van der Waals surface area contributed by atoms with Crippen LogP contribution in [0.5, 0.6) is 5.75 Å². The fourth-order valence-electron chi connectivity index (χ4n) is 3.66. The van der Waals surface area contributed by atoms with Crippen molar-refractivity contribution in [2.75, 3.05) is 13.2 Å². The van der Waals surface area contributed by atoms with Crippen LogP contribution in [0.2, 0.25) is 0 Å². The van der Waals surface area contributed by atoms with Crippen molar-refractivity contribution >= 4 is 16.9 Å². The highest BCUT2D eigenvalue weighted by Crippen LogP contribution is 2.19. The molecule has 0 radical (unpaired) electrons. The number of imidazole rings is 1. The third kappa shape index (κ3) is 6.59. The molecule has 1 N–H and O–H groups in total. The highest BCUT2D eigenvalue weighted by Gasteiger charge is 2.20. The summed E-state index contributed by atoms with van der Waals surface area (Å²) < 4.78 is 8.24. The fraction of sp³-hybridized carbons (Fsp3) is 0.481. The Morgan fingerprint density at radius 2 is 1.78 bits per heavy atom. The number of nitrogens with one attached hydrogen (secondary N) is 1. The molecular weight excluding hydrogens is 398 g/mol. The van der Waals surface area contributed by atoms with Gasteiger partial charge in [-0.25, -0.2) is 4.98 Å². The van der Waals surface area contributed by atoms with Gasteiger partial charge < -0.3 is 14.6 Å². The summed E-state index contributed by atoms with van der Waals surface area (Å²) in [4.78, 5) is 16.9. The number of hydrogen-bond donors (Lipinski definition) is 1. The first-order valence-electron chi connectivity index (χ1n) is 11.8. The van der Waals surface area contributed by atoms with E-state index in [9.17, 15) is 4.79 Å². The van der Waals surface area contributed by atoms with Gasteiger partial charge in [-0.05, 0) is 55.5 Å². The van der Waals surface area contributed by atoms with Gasteiger partial charge in [-0.1, -0.05) is 52.0 Å². The van der Waals surface area contributed by atoms with Gasteiger partial charge in [0.05, 0.1) is 17.6 Å². The molecule has 0 aliphatic carbocycles. The van der Waals surface area contributed by atoms with Crippen molar-refractivity contribution in [3.8, 4) is 5.75 Å². The van der Waals surface area contributed by atoms with Crippen molar-refractivity contribution in [1.29, 1.82) is 0 Å². The maximum Gasteiger partial charge on any atom is 0.225 e. The number of fused-ring (bicyclic) bond motifs is 1. The summed E-state index contributed by atoms with van der Waals surface area (Å²) in [5, 5.41) is 3.04. The third-order valence-corrected chi connectivity index (χ3v) is 5.65. The lowest BCUT2D eigenvalue weighted by Crippen LogP contribution is -2.35. The van der Waals surface area contributed by atoms with Gasteiger partial charge in [0.25, 0.3) is 0 Å². The number of amides is 1. The zero-order chi connectivity index (χ0) is 23.0. The predicted molar refractivity (Wildman–Crippen MR) is 131 cm³/mol. The lowest BCUT2D eigenvalue weighted by molar-refractivity contribution is -0.128. The van der Waals surface area contributed by atoms with E-state index in [0.717, 1.165) is 55.7 Å². The van der Waals surface area contributed by atoms with Crippen molar-refractivity contribution in [2.45, 2.75) is 66.3 Å². The van der Waals surface area contributed by atoms with Crippen LogP contribution < -0.4 is 10.1 Å². The Kier molecular flexibility index (Phi) is 8.32. The Labute approximate surface area is 192 Å². The van der Waals surface area contributed by atoms with Crippen LogP contribution in [0.25, 0.3) is 11.0 Å². The first-order valence-corrected chi connectivity index (χ1v) is 11.8. The lowest BCUT2D eigenvalue weighted by Gasteiger charge is -2.17. The Morgan fingerprint density at radius 1 is 1.03 bits per heavy atom. The number of aromatic nitrogens is 2. The molecule has 0 fully saturated rings. The van der Waals surface area contributed by atoms with Gasteiger partial charge in [0.15, 0.2) is 0 Å². The molecule has 2 aromatic carbocycles. The molecule has 5 heteroatoms. The van der Waals surface area contributed by atoms with Gasteiger partial charge in [-0.2, -0.15) is 0 Å². The molecular formula is C27H37N3O2. The minimum absolute atomic E-state index is 0.0929. The summed E-state index contributed by atoms with van der Waals surface area (Å²) in [6, 6.07) is 16.7. The number of carbonyl (C=O) groups is 1. The van der Waals surface area contributed by atoms with Gasteiger partial charge in [0.2, 0.25) is 5.91 Å². The van der Waals surface area contributed by atoms with E-state index in [1.165, 1.54) is 11.1 Å². The van der Waals surface area contributed by atoms with Crippen molar-refractivity contribution in [3.05, 3.63) is 59.9 Å². The van der Waals surface area contributed by atoms with Gasteiger partial charge in [0, 0.05) is 24.9 Å². The van der Waals surface area contributed by atoms with Crippen LogP contribution in [0.15, 0.2) is 48.5 Å². The SMILES string of the molecule is CCc1ccc(OCCCCn2c(CCCNC(=O)C(C)(C)C)nc3ccccc32)cc1. The van der Waals surface area contributed by atoms with Crippen LogP contribution in [0, 0.1) is 5.41 Å². The Morgan fingerprint density at radius 3 is 2.50 bits per heavy atom. The zero-order valence-corrected chi connectivity index (χ0v) is 20.0. The van der Waals surface area contributed by atoms with Crippen LogP contribution in [0.4, 0.5) is 0 Å². The number of para-hydroxylation sites is 2. The number of aryl methyl sites for hydroxylation is 3. The van der Waals surface area contributed by atoms with Crippen molar-refractivity contribution in [1.82, 2.24) is 14.9 Å². The Balaban J connectivity index is 1.51. The second kappa shape index (κ2) is 11.2. The van der Waals surface area contributed by atoms with Gasteiger partial charge in [0.1, 0.15) is 11.6 Å². The molecule has 0 bridgehead atoms. The normalized spacial score (nSPS) is 11.6. The van der Waals surface area contributed by atoms with Crippen LogP contribution in [-0.2, 0) is 24.2 Å². The highest BCUT2D eigenvalue weighted by atomic mass is 16.5. The average molecular weight is 436 g/mol. The number of carbonyl (C=O) groups excluding carboxylic acids is 1. The molecule has 172 valence electrons.